The van der Waals surface area contributed by atoms with Crippen LogP contribution in [0.3, 0.4) is 0 Å². The third-order valence-corrected chi connectivity index (χ3v) is 4.71. The highest BCUT2D eigenvalue weighted by Gasteiger charge is 2.25. The van der Waals surface area contributed by atoms with Gasteiger partial charge in [-0.15, -0.1) is 0 Å². The predicted molar refractivity (Wildman–Crippen MR) is 130 cm³/mol. The second kappa shape index (κ2) is 9.76. The van der Waals surface area contributed by atoms with Gasteiger partial charge in [-0.3, -0.25) is 4.79 Å². The fraction of sp³-hybridized carbons (Fsp3) is 0.560. The molecule has 0 aliphatic rings. The average Bonchev–Trinajstić information content (AvgIpc) is 3.04. The molecule has 0 atom stereocenters. The maximum Gasteiger partial charge on any atom is 0.318 e. The van der Waals surface area contributed by atoms with Gasteiger partial charge in [0, 0.05) is 23.6 Å². The minimum atomic E-state index is -0.380. The molecule has 0 saturated heterocycles. The van der Waals surface area contributed by atoms with E-state index < -0.39 is 0 Å². The van der Waals surface area contributed by atoms with Crippen molar-refractivity contribution >= 4 is 17.8 Å². The summed E-state index contributed by atoms with van der Waals surface area (Å²) in [4.78, 5) is 27.3. The molecule has 2 aromatic rings. The minimum Gasteiger partial charge on any atom is -0.333 e. The summed E-state index contributed by atoms with van der Waals surface area (Å²) in [5.41, 5.74) is 2.33. The van der Waals surface area contributed by atoms with Crippen LogP contribution in [0.4, 0.5) is 10.6 Å². The van der Waals surface area contributed by atoms with Gasteiger partial charge >= 0.3 is 6.03 Å². The van der Waals surface area contributed by atoms with Crippen LogP contribution in [0.15, 0.2) is 30.3 Å². The van der Waals surface area contributed by atoms with Crippen molar-refractivity contribution in [1.29, 1.82) is 0 Å². The summed E-state index contributed by atoms with van der Waals surface area (Å²) in [5.74, 6) is 0.562. The van der Waals surface area contributed by atoms with Crippen LogP contribution >= 0.6 is 0 Å². The van der Waals surface area contributed by atoms with Crippen LogP contribution in [-0.2, 0) is 10.2 Å². The zero-order valence-corrected chi connectivity index (χ0v) is 21.0. The molecule has 176 valence electrons. The standard InChI is InChI=1S/C25H39N5O2/c1-17(2)15-29(23(32)27-25(7,8)9)16-22(31)26-21-14-20(24(4,5)6)28-30(21)19-12-10-18(3)11-13-19/h10-14,17H,15-16H2,1-9H3,(H,26,31)(H,27,32). The van der Waals surface area contributed by atoms with E-state index in [2.05, 4.69) is 31.4 Å². The fourth-order valence-electron chi connectivity index (χ4n) is 3.14. The van der Waals surface area contributed by atoms with Crippen molar-refractivity contribution in [3.8, 4) is 5.69 Å². The van der Waals surface area contributed by atoms with E-state index >= 15 is 0 Å². The van der Waals surface area contributed by atoms with Crippen molar-refractivity contribution in [2.45, 2.75) is 73.3 Å². The zero-order valence-electron chi connectivity index (χ0n) is 21.0. The number of nitrogens with zero attached hydrogens (tertiary/aromatic N) is 3. The normalized spacial score (nSPS) is 12.1. The molecule has 0 fully saturated rings. The van der Waals surface area contributed by atoms with Crippen molar-refractivity contribution in [2.75, 3.05) is 18.4 Å². The van der Waals surface area contributed by atoms with E-state index in [1.54, 1.807) is 9.58 Å². The third-order valence-electron chi connectivity index (χ3n) is 4.71. The highest BCUT2D eigenvalue weighted by Crippen LogP contribution is 2.26. The molecule has 0 radical (unpaired) electrons. The molecule has 0 saturated carbocycles. The highest BCUT2D eigenvalue weighted by molar-refractivity contribution is 5.94. The summed E-state index contributed by atoms with van der Waals surface area (Å²) in [5, 5.41) is 10.7. The minimum absolute atomic E-state index is 0.0377. The van der Waals surface area contributed by atoms with Gasteiger partial charge in [-0.2, -0.15) is 5.10 Å². The van der Waals surface area contributed by atoms with E-state index in [0.29, 0.717) is 12.4 Å². The van der Waals surface area contributed by atoms with Crippen LogP contribution in [-0.4, -0.2) is 45.2 Å². The smallest absolute Gasteiger partial charge is 0.318 e. The summed E-state index contributed by atoms with van der Waals surface area (Å²) in [6.45, 7) is 18.6. The van der Waals surface area contributed by atoms with Gasteiger partial charge in [0.05, 0.1) is 11.4 Å². The number of rotatable bonds is 6. The first-order chi connectivity index (χ1) is 14.7. The molecule has 7 heteroatoms. The molecule has 1 heterocycles. The van der Waals surface area contributed by atoms with Gasteiger partial charge in [-0.05, 0) is 45.7 Å². The molecule has 32 heavy (non-hydrogen) atoms. The quantitative estimate of drug-likeness (QED) is 0.670. The van der Waals surface area contributed by atoms with Crippen molar-refractivity contribution in [2.24, 2.45) is 5.92 Å². The summed E-state index contributed by atoms with van der Waals surface area (Å²) < 4.78 is 1.75. The number of carbonyl (C=O) groups is 2. The summed E-state index contributed by atoms with van der Waals surface area (Å²) >= 11 is 0. The number of benzene rings is 1. The molecule has 1 aromatic heterocycles. The molecule has 0 bridgehead atoms. The molecule has 2 N–H and O–H groups in total. The number of nitrogens with one attached hydrogen (secondary N) is 2. The number of anilines is 1. The van der Waals surface area contributed by atoms with Gasteiger partial charge in [0.15, 0.2) is 0 Å². The maximum absolute atomic E-state index is 13.0. The average molecular weight is 442 g/mol. The van der Waals surface area contributed by atoms with Crippen LogP contribution in [0, 0.1) is 12.8 Å². The lowest BCUT2D eigenvalue weighted by Gasteiger charge is -2.29. The zero-order chi connectivity index (χ0) is 24.3. The van der Waals surface area contributed by atoms with E-state index in [9.17, 15) is 9.59 Å². The second-order valence-electron chi connectivity index (χ2n) is 10.9. The van der Waals surface area contributed by atoms with Crippen LogP contribution < -0.4 is 10.6 Å². The lowest BCUT2D eigenvalue weighted by molar-refractivity contribution is -0.116. The van der Waals surface area contributed by atoms with E-state index in [1.807, 2.05) is 71.9 Å². The first-order valence-corrected chi connectivity index (χ1v) is 11.2. The second-order valence-corrected chi connectivity index (χ2v) is 10.9. The monoisotopic (exact) mass is 441 g/mol. The highest BCUT2D eigenvalue weighted by atomic mass is 16.2. The van der Waals surface area contributed by atoms with Gasteiger partial charge in [-0.1, -0.05) is 52.3 Å². The van der Waals surface area contributed by atoms with Gasteiger partial charge in [0.25, 0.3) is 0 Å². The Kier molecular flexibility index (Phi) is 7.75. The van der Waals surface area contributed by atoms with Crippen LogP contribution in [0.1, 0.15) is 66.6 Å². The van der Waals surface area contributed by atoms with Gasteiger partial charge in [0.1, 0.15) is 12.4 Å². The molecular formula is C25H39N5O2. The van der Waals surface area contributed by atoms with E-state index in [-0.39, 0.29) is 35.4 Å². The molecule has 0 unspecified atom stereocenters. The summed E-state index contributed by atoms with van der Waals surface area (Å²) in [7, 11) is 0. The van der Waals surface area contributed by atoms with Crippen molar-refractivity contribution in [1.82, 2.24) is 20.0 Å². The maximum atomic E-state index is 13.0. The molecule has 2 rings (SSSR count). The third kappa shape index (κ3) is 7.39. The van der Waals surface area contributed by atoms with Crippen molar-refractivity contribution < 1.29 is 9.59 Å². The number of aryl methyl sites for hydroxylation is 1. The van der Waals surface area contributed by atoms with Crippen LogP contribution in [0.2, 0.25) is 0 Å². The topological polar surface area (TPSA) is 79.3 Å². The Hall–Kier alpha value is -2.83. The molecule has 0 aliphatic carbocycles. The number of aromatic nitrogens is 2. The Labute approximate surface area is 192 Å². The molecule has 0 spiro atoms. The largest absolute Gasteiger partial charge is 0.333 e. The number of carbonyl (C=O) groups excluding carboxylic acids is 2. The van der Waals surface area contributed by atoms with Crippen molar-refractivity contribution in [3.05, 3.63) is 41.6 Å². The van der Waals surface area contributed by atoms with Crippen LogP contribution in [0.5, 0.6) is 0 Å². The van der Waals surface area contributed by atoms with Crippen LogP contribution in [0.25, 0.3) is 5.69 Å². The fourth-order valence-corrected chi connectivity index (χ4v) is 3.14. The molecular weight excluding hydrogens is 402 g/mol. The van der Waals surface area contributed by atoms with Gasteiger partial charge < -0.3 is 15.5 Å². The Balaban J connectivity index is 2.29. The van der Waals surface area contributed by atoms with Gasteiger partial charge in [-0.25, -0.2) is 9.48 Å². The number of hydrogen-bond donors (Lipinski definition) is 2. The number of hydrogen-bond acceptors (Lipinski definition) is 3. The van der Waals surface area contributed by atoms with Gasteiger partial charge in [0.2, 0.25) is 5.91 Å². The summed E-state index contributed by atoms with van der Waals surface area (Å²) in [6, 6.07) is 9.64. The first-order valence-electron chi connectivity index (χ1n) is 11.2. The molecule has 3 amide bonds. The van der Waals surface area contributed by atoms with E-state index in [4.69, 9.17) is 5.10 Å². The Bertz CT molecular complexity index is 931. The first kappa shape index (κ1) is 25.4. The van der Waals surface area contributed by atoms with Crippen molar-refractivity contribution in [3.63, 3.8) is 0 Å². The Morgan fingerprint density at radius 1 is 1.06 bits per heavy atom. The summed E-state index contributed by atoms with van der Waals surface area (Å²) in [6.07, 6.45) is 0. The Morgan fingerprint density at radius 2 is 1.66 bits per heavy atom. The van der Waals surface area contributed by atoms with E-state index in [1.165, 1.54) is 0 Å². The SMILES string of the molecule is Cc1ccc(-n2nc(C(C)(C)C)cc2NC(=O)CN(CC(C)C)C(=O)NC(C)(C)C)cc1. The number of amides is 3. The molecule has 1 aromatic carbocycles. The van der Waals surface area contributed by atoms with E-state index in [0.717, 1.165) is 16.9 Å². The Morgan fingerprint density at radius 3 is 2.16 bits per heavy atom. The molecule has 0 aliphatic heterocycles. The number of urea groups is 1. The lowest BCUT2D eigenvalue weighted by atomic mass is 9.92. The predicted octanol–water partition coefficient (Wildman–Crippen LogP) is 4.88. The lowest BCUT2D eigenvalue weighted by Crippen LogP contribution is -2.51. The molecule has 7 nitrogen and oxygen atoms in total.